The highest BCUT2D eigenvalue weighted by Gasteiger charge is 2.38. The van der Waals surface area contributed by atoms with Crippen molar-refractivity contribution in [3.05, 3.63) is 0 Å². The summed E-state index contributed by atoms with van der Waals surface area (Å²) >= 11 is 17.5. The van der Waals surface area contributed by atoms with Crippen molar-refractivity contribution in [1.82, 2.24) is 10.2 Å². The molecule has 0 aromatic rings. The lowest BCUT2D eigenvalue weighted by Crippen LogP contribution is -2.58. The van der Waals surface area contributed by atoms with Gasteiger partial charge < -0.3 is 4.79 Å². The van der Waals surface area contributed by atoms with Gasteiger partial charge in [0.2, 0.25) is 0 Å². The molecule has 70 valence electrons. The molecule has 0 bridgehead atoms. The molecule has 1 saturated heterocycles. The van der Waals surface area contributed by atoms with Gasteiger partial charge in [-0.2, -0.15) is 0 Å². The lowest BCUT2D eigenvalue weighted by Gasteiger charge is -2.39. The summed E-state index contributed by atoms with van der Waals surface area (Å²) in [5, 5.41) is 2.80. The summed E-state index contributed by atoms with van der Waals surface area (Å²) in [4.78, 5) is 12.2. The van der Waals surface area contributed by atoms with Gasteiger partial charge in [0.05, 0.1) is 16.9 Å². The van der Waals surface area contributed by atoms with Crippen LogP contribution in [0.25, 0.3) is 0 Å². The van der Waals surface area contributed by atoms with Crippen LogP contribution in [0, 0.1) is 5.92 Å². The second kappa shape index (κ2) is 4.11. The third kappa shape index (κ3) is 1.86. The smallest absolute Gasteiger partial charge is 0.139 e. The SMILES string of the molecule is CN1C(Cl)NC(Cl)C(C=O)C1Cl. The van der Waals surface area contributed by atoms with E-state index in [1.807, 2.05) is 0 Å². The topological polar surface area (TPSA) is 32.3 Å². The predicted octanol–water partition coefficient (Wildman–Crippen LogP) is 0.989. The summed E-state index contributed by atoms with van der Waals surface area (Å²) in [6, 6.07) is 0. The summed E-state index contributed by atoms with van der Waals surface area (Å²) < 4.78 is 0. The summed E-state index contributed by atoms with van der Waals surface area (Å²) in [7, 11) is 1.72. The number of hydrogen-bond donors (Lipinski definition) is 1. The van der Waals surface area contributed by atoms with Gasteiger partial charge in [-0.05, 0) is 7.05 Å². The summed E-state index contributed by atoms with van der Waals surface area (Å²) in [6.07, 6.45) is 0.738. The Bertz CT molecular complexity index is 180. The molecule has 1 aliphatic heterocycles. The van der Waals surface area contributed by atoms with E-state index in [1.165, 1.54) is 0 Å². The summed E-state index contributed by atoms with van der Waals surface area (Å²) in [5.74, 6) is -0.437. The normalized spacial score (nSPS) is 44.3. The highest BCUT2D eigenvalue weighted by molar-refractivity contribution is 6.27. The maximum atomic E-state index is 10.6. The van der Waals surface area contributed by atoms with Gasteiger partial charge in [0, 0.05) is 0 Å². The molecule has 4 unspecified atom stereocenters. The van der Waals surface area contributed by atoms with Crippen molar-refractivity contribution >= 4 is 41.1 Å². The zero-order valence-corrected chi connectivity index (χ0v) is 8.64. The number of alkyl halides is 3. The Morgan fingerprint density at radius 2 is 2.00 bits per heavy atom. The molecule has 4 atom stereocenters. The van der Waals surface area contributed by atoms with Crippen LogP contribution in [0.5, 0.6) is 0 Å². The largest absolute Gasteiger partial charge is 0.303 e. The minimum atomic E-state index is -0.497. The van der Waals surface area contributed by atoms with Crippen molar-refractivity contribution in [2.75, 3.05) is 7.05 Å². The number of aldehydes is 1. The standard InChI is InChI=1S/C6H9Cl3N2O/c1-11-5(8)3(2-12)4(7)10-6(11)9/h2-6,10H,1H3. The van der Waals surface area contributed by atoms with Crippen molar-refractivity contribution in [1.29, 1.82) is 0 Å². The lowest BCUT2D eigenvalue weighted by atomic mass is 10.1. The van der Waals surface area contributed by atoms with E-state index in [9.17, 15) is 4.79 Å². The summed E-state index contributed by atoms with van der Waals surface area (Å²) in [6.45, 7) is 0. The van der Waals surface area contributed by atoms with Crippen molar-refractivity contribution in [2.45, 2.75) is 16.6 Å². The minimum Gasteiger partial charge on any atom is -0.303 e. The molecule has 6 heteroatoms. The first kappa shape index (κ1) is 10.5. The first-order valence-corrected chi connectivity index (χ1v) is 4.74. The molecule has 1 heterocycles. The van der Waals surface area contributed by atoms with Crippen LogP contribution in [0.1, 0.15) is 0 Å². The van der Waals surface area contributed by atoms with Crippen molar-refractivity contribution in [3.8, 4) is 0 Å². The number of rotatable bonds is 1. The van der Waals surface area contributed by atoms with Gasteiger partial charge in [-0.3, -0.25) is 10.2 Å². The number of halogens is 3. The van der Waals surface area contributed by atoms with Crippen LogP contribution in [-0.4, -0.2) is 34.9 Å². The Morgan fingerprint density at radius 1 is 1.42 bits per heavy atom. The molecule has 1 rings (SSSR count). The van der Waals surface area contributed by atoms with E-state index in [0.29, 0.717) is 0 Å². The van der Waals surface area contributed by atoms with Crippen LogP contribution in [0.4, 0.5) is 0 Å². The fourth-order valence-corrected chi connectivity index (χ4v) is 2.12. The minimum absolute atomic E-state index is 0.425. The molecule has 0 aromatic heterocycles. The molecule has 0 saturated carbocycles. The molecule has 0 amide bonds. The number of carbonyl (C=O) groups is 1. The van der Waals surface area contributed by atoms with E-state index in [-0.39, 0.29) is 0 Å². The van der Waals surface area contributed by atoms with Gasteiger partial charge in [0.15, 0.2) is 0 Å². The Hall–Kier alpha value is 0.460. The first-order chi connectivity index (χ1) is 5.57. The average Bonchev–Trinajstić information content (AvgIpc) is 2.01. The van der Waals surface area contributed by atoms with Gasteiger partial charge in [-0.1, -0.05) is 11.6 Å². The van der Waals surface area contributed by atoms with Gasteiger partial charge in [0.25, 0.3) is 0 Å². The maximum absolute atomic E-state index is 10.6. The Morgan fingerprint density at radius 3 is 2.50 bits per heavy atom. The van der Waals surface area contributed by atoms with E-state index >= 15 is 0 Å². The average molecular weight is 232 g/mol. The molecular weight excluding hydrogens is 222 g/mol. The lowest BCUT2D eigenvalue weighted by molar-refractivity contribution is -0.113. The van der Waals surface area contributed by atoms with Gasteiger partial charge in [0.1, 0.15) is 11.9 Å². The molecule has 3 nitrogen and oxygen atoms in total. The van der Waals surface area contributed by atoms with Crippen LogP contribution < -0.4 is 5.32 Å². The van der Waals surface area contributed by atoms with Gasteiger partial charge >= 0.3 is 0 Å². The zero-order valence-electron chi connectivity index (χ0n) is 6.38. The monoisotopic (exact) mass is 230 g/mol. The third-order valence-electron chi connectivity index (χ3n) is 1.86. The molecule has 12 heavy (non-hydrogen) atoms. The number of nitrogens with one attached hydrogen (secondary N) is 1. The first-order valence-electron chi connectivity index (χ1n) is 3.43. The van der Waals surface area contributed by atoms with Crippen LogP contribution in [0.15, 0.2) is 0 Å². The Balaban J connectivity index is 2.71. The zero-order chi connectivity index (χ0) is 9.30. The molecular formula is C6H9Cl3N2O. The van der Waals surface area contributed by atoms with Crippen LogP contribution in [-0.2, 0) is 4.79 Å². The van der Waals surface area contributed by atoms with Gasteiger partial charge in [-0.25, -0.2) is 0 Å². The number of hydrogen-bond acceptors (Lipinski definition) is 3. The van der Waals surface area contributed by atoms with Crippen LogP contribution in [0.3, 0.4) is 0 Å². The number of nitrogens with zero attached hydrogens (tertiary/aromatic N) is 1. The Kier molecular flexibility index (Phi) is 3.61. The van der Waals surface area contributed by atoms with E-state index in [2.05, 4.69) is 5.32 Å². The highest BCUT2D eigenvalue weighted by Crippen LogP contribution is 2.26. The number of carbonyl (C=O) groups excluding carboxylic acids is 1. The van der Waals surface area contributed by atoms with Gasteiger partial charge in [-0.15, -0.1) is 23.2 Å². The second-order valence-corrected chi connectivity index (χ2v) is 3.99. The Labute approximate surface area is 85.9 Å². The summed E-state index contributed by atoms with van der Waals surface area (Å²) in [5.41, 5.74) is -1.37. The maximum Gasteiger partial charge on any atom is 0.139 e. The van der Waals surface area contributed by atoms with Crippen molar-refractivity contribution < 1.29 is 4.79 Å². The quantitative estimate of drug-likeness (QED) is 0.415. The fraction of sp³-hybridized carbons (Fsp3) is 0.833. The molecule has 0 radical (unpaired) electrons. The second-order valence-electron chi connectivity index (χ2n) is 2.66. The third-order valence-corrected chi connectivity index (χ3v) is 3.31. The predicted molar refractivity (Wildman–Crippen MR) is 49.4 cm³/mol. The molecule has 1 N–H and O–H groups in total. The molecule has 0 spiro atoms. The highest BCUT2D eigenvalue weighted by atomic mass is 35.5. The molecule has 0 aromatic carbocycles. The van der Waals surface area contributed by atoms with E-state index in [0.717, 1.165) is 6.29 Å². The van der Waals surface area contributed by atoms with E-state index in [4.69, 9.17) is 34.8 Å². The van der Waals surface area contributed by atoms with Crippen LogP contribution >= 0.6 is 34.8 Å². The molecule has 1 aliphatic rings. The fourth-order valence-electron chi connectivity index (χ4n) is 1.03. The molecule has 1 fully saturated rings. The molecule has 0 aliphatic carbocycles. The van der Waals surface area contributed by atoms with Crippen molar-refractivity contribution in [3.63, 3.8) is 0 Å². The van der Waals surface area contributed by atoms with Crippen LogP contribution in [0.2, 0.25) is 0 Å². The van der Waals surface area contributed by atoms with E-state index < -0.39 is 22.5 Å². The van der Waals surface area contributed by atoms with Crippen molar-refractivity contribution in [2.24, 2.45) is 5.92 Å². The van der Waals surface area contributed by atoms with E-state index in [1.54, 1.807) is 11.9 Å².